The van der Waals surface area contributed by atoms with Crippen LogP contribution in [0.3, 0.4) is 0 Å². The molecule has 0 bridgehead atoms. The molecule has 0 atom stereocenters. The molecule has 4 nitrogen and oxygen atoms in total. The molecule has 0 aliphatic heterocycles. The first-order chi connectivity index (χ1) is 9.40. The third-order valence-electron chi connectivity index (χ3n) is 2.18. The Hall–Kier alpha value is -1.88. The zero-order valence-electron chi connectivity index (χ0n) is 11.2. The molecule has 0 saturated heterocycles. The third kappa shape index (κ3) is 5.40. The van der Waals surface area contributed by atoms with Gasteiger partial charge in [-0.05, 0) is 32.1 Å². The molecule has 0 unspecified atom stereocenters. The fourth-order valence-electron chi connectivity index (χ4n) is 1.37. The lowest BCUT2D eigenvalue weighted by molar-refractivity contribution is -0.143. The first-order valence-electron chi connectivity index (χ1n) is 5.98. The van der Waals surface area contributed by atoms with E-state index in [2.05, 4.69) is 5.32 Å². The van der Waals surface area contributed by atoms with E-state index in [1.165, 1.54) is 24.3 Å². The molecule has 0 saturated carbocycles. The molecule has 1 N–H and O–H groups in total. The number of carbonyl (C=O) groups is 2. The van der Waals surface area contributed by atoms with E-state index in [4.69, 9.17) is 16.3 Å². The highest BCUT2D eigenvalue weighted by atomic mass is 35.5. The largest absolute Gasteiger partial charge is 0.452 e. The van der Waals surface area contributed by atoms with Crippen LogP contribution in [0.2, 0.25) is 5.02 Å². The number of rotatable bonds is 5. The molecule has 0 radical (unpaired) electrons. The molecule has 0 aliphatic rings. The van der Waals surface area contributed by atoms with Gasteiger partial charge in [-0.1, -0.05) is 17.7 Å². The van der Waals surface area contributed by atoms with Gasteiger partial charge in [0.2, 0.25) is 0 Å². The highest BCUT2D eigenvalue weighted by molar-refractivity contribution is 6.32. The number of amides is 1. The summed E-state index contributed by atoms with van der Waals surface area (Å²) in [6, 6.07) is 4.16. The second-order valence-corrected chi connectivity index (χ2v) is 4.71. The van der Waals surface area contributed by atoms with Crippen molar-refractivity contribution in [1.29, 1.82) is 0 Å². The van der Waals surface area contributed by atoms with Crippen molar-refractivity contribution in [1.82, 2.24) is 5.32 Å². The average molecular weight is 300 g/mol. The average Bonchev–Trinajstić information content (AvgIpc) is 2.35. The highest BCUT2D eigenvalue weighted by Crippen LogP contribution is 2.20. The Morgan fingerprint density at radius 1 is 1.45 bits per heavy atom. The molecule has 20 heavy (non-hydrogen) atoms. The van der Waals surface area contributed by atoms with E-state index >= 15 is 0 Å². The summed E-state index contributed by atoms with van der Waals surface area (Å²) < 4.78 is 18.1. The predicted molar refractivity (Wildman–Crippen MR) is 74.7 cm³/mol. The maximum Gasteiger partial charge on any atom is 0.331 e. The minimum atomic E-state index is -0.747. The van der Waals surface area contributed by atoms with Gasteiger partial charge in [0.25, 0.3) is 5.91 Å². The van der Waals surface area contributed by atoms with Crippen LogP contribution in [-0.4, -0.2) is 24.5 Å². The van der Waals surface area contributed by atoms with Crippen LogP contribution in [0.15, 0.2) is 24.3 Å². The van der Waals surface area contributed by atoms with Crippen LogP contribution in [0.4, 0.5) is 4.39 Å². The topological polar surface area (TPSA) is 55.4 Å². The van der Waals surface area contributed by atoms with Crippen LogP contribution in [-0.2, 0) is 14.3 Å². The van der Waals surface area contributed by atoms with Crippen molar-refractivity contribution in [3.8, 4) is 0 Å². The van der Waals surface area contributed by atoms with Crippen molar-refractivity contribution >= 4 is 29.6 Å². The lowest BCUT2D eigenvalue weighted by Crippen LogP contribution is -2.33. The van der Waals surface area contributed by atoms with E-state index in [9.17, 15) is 14.0 Å². The van der Waals surface area contributed by atoms with Crippen molar-refractivity contribution in [2.45, 2.75) is 19.9 Å². The zero-order chi connectivity index (χ0) is 15.1. The molecular formula is C14H15ClFNO3. The summed E-state index contributed by atoms with van der Waals surface area (Å²) in [6.45, 7) is 3.20. The predicted octanol–water partition coefficient (Wildman–Crippen LogP) is 2.56. The van der Waals surface area contributed by atoms with Crippen molar-refractivity contribution in [2.75, 3.05) is 6.61 Å². The molecule has 1 rings (SSSR count). The van der Waals surface area contributed by atoms with Crippen molar-refractivity contribution < 1.29 is 18.7 Å². The fraction of sp³-hybridized carbons (Fsp3) is 0.286. The molecule has 6 heteroatoms. The number of carbonyl (C=O) groups excluding carboxylic acids is 2. The van der Waals surface area contributed by atoms with Gasteiger partial charge in [0, 0.05) is 17.7 Å². The Morgan fingerprint density at radius 3 is 2.75 bits per heavy atom. The van der Waals surface area contributed by atoms with E-state index in [0.717, 1.165) is 6.08 Å². The molecule has 0 aliphatic carbocycles. The van der Waals surface area contributed by atoms with Crippen LogP contribution in [0.1, 0.15) is 19.4 Å². The lowest BCUT2D eigenvalue weighted by Gasteiger charge is -2.07. The van der Waals surface area contributed by atoms with Crippen LogP contribution in [0.25, 0.3) is 6.08 Å². The molecule has 0 fully saturated rings. The first kappa shape index (κ1) is 16.2. The van der Waals surface area contributed by atoms with E-state index in [0.29, 0.717) is 0 Å². The molecule has 0 heterocycles. The van der Waals surface area contributed by atoms with Gasteiger partial charge in [-0.25, -0.2) is 9.18 Å². The summed E-state index contributed by atoms with van der Waals surface area (Å²) in [6.07, 6.45) is 2.23. The van der Waals surface area contributed by atoms with Gasteiger partial charge in [-0.2, -0.15) is 0 Å². The van der Waals surface area contributed by atoms with Gasteiger partial charge < -0.3 is 10.1 Å². The number of hydrogen-bond acceptors (Lipinski definition) is 3. The summed E-state index contributed by atoms with van der Waals surface area (Å²) in [5.41, 5.74) is 0.0951. The zero-order valence-corrected chi connectivity index (χ0v) is 11.9. The Balaban J connectivity index is 2.54. The number of esters is 1. The maximum absolute atomic E-state index is 13.4. The SMILES string of the molecule is CC(C)NC(=O)COC(=O)/C=C/c1c(F)cccc1Cl. The molecule has 0 aromatic heterocycles. The number of halogens is 2. The number of nitrogens with one attached hydrogen (secondary N) is 1. The summed E-state index contributed by atoms with van der Waals surface area (Å²) in [5, 5.41) is 2.76. The van der Waals surface area contributed by atoms with Crippen molar-refractivity contribution in [3.05, 3.63) is 40.7 Å². The maximum atomic E-state index is 13.4. The Bertz CT molecular complexity index is 509. The van der Waals surface area contributed by atoms with Crippen LogP contribution >= 0.6 is 11.6 Å². The molecule has 108 valence electrons. The van der Waals surface area contributed by atoms with Gasteiger partial charge in [0.05, 0.1) is 5.02 Å². The van der Waals surface area contributed by atoms with Crippen LogP contribution < -0.4 is 5.32 Å². The highest BCUT2D eigenvalue weighted by Gasteiger charge is 2.07. The Kier molecular flexibility index (Phi) is 6.18. The van der Waals surface area contributed by atoms with Gasteiger partial charge in [-0.3, -0.25) is 4.79 Å². The van der Waals surface area contributed by atoms with E-state index in [1.54, 1.807) is 13.8 Å². The van der Waals surface area contributed by atoms with Crippen molar-refractivity contribution in [3.63, 3.8) is 0 Å². The minimum Gasteiger partial charge on any atom is -0.452 e. The van der Waals surface area contributed by atoms with Gasteiger partial charge in [0.15, 0.2) is 6.61 Å². The van der Waals surface area contributed by atoms with Crippen molar-refractivity contribution in [2.24, 2.45) is 0 Å². The second kappa shape index (κ2) is 7.65. The Labute approximate surface area is 121 Å². The lowest BCUT2D eigenvalue weighted by atomic mass is 10.2. The second-order valence-electron chi connectivity index (χ2n) is 4.30. The third-order valence-corrected chi connectivity index (χ3v) is 2.51. The number of benzene rings is 1. The van der Waals surface area contributed by atoms with Gasteiger partial charge in [-0.15, -0.1) is 0 Å². The van der Waals surface area contributed by atoms with E-state index in [1.807, 2.05) is 0 Å². The standard InChI is InChI=1S/C14H15ClFNO3/c1-9(2)17-13(18)8-20-14(19)7-6-10-11(15)4-3-5-12(10)16/h3-7,9H,8H2,1-2H3,(H,17,18)/b7-6+. The molecule has 1 aromatic carbocycles. The van der Waals surface area contributed by atoms with E-state index in [-0.39, 0.29) is 23.2 Å². The summed E-state index contributed by atoms with van der Waals surface area (Å²) in [4.78, 5) is 22.6. The molecule has 1 aromatic rings. The summed E-state index contributed by atoms with van der Waals surface area (Å²) in [5.74, 6) is -1.69. The quantitative estimate of drug-likeness (QED) is 0.671. The molecular weight excluding hydrogens is 285 g/mol. The summed E-state index contributed by atoms with van der Waals surface area (Å²) >= 11 is 5.79. The minimum absolute atomic E-state index is 0.0334. The summed E-state index contributed by atoms with van der Waals surface area (Å²) in [7, 11) is 0. The number of ether oxygens (including phenoxy) is 1. The number of hydrogen-bond donors (Lipinski definition) is 1. The van der Waals surface area contributed by atoms with Crippen LogP contribution in [0.5, 0.6) is 0 Å². The van der Waals surface area contributed by atoms with Gasteiger partial charge >= 0.3 is 5.97 Å². The fourth-order valence-corrected chi connectivity index (χ4v) is 1.60. The normalized spacial score (nSPS) is 10.8. The smallest absolute Gasteiger partial charge is 0.331 e. The first-order valence-corrected chi connectivity index (χ1v) is 6.36. The molecule has 0 spiro atoms. The van der Waals surface area contributed by atoms with E-state index < -0.39 is 17.7 Å². The van der Waals surface area contributed by atoms with Gasteiger partial charge in [0.1, 0.15) is 5.82 Å². The Morgan fingerprint density at radius 2 is 2.15 bits per heavy atom. The molecule has 1 amide bonds. The monoisotopic (exact) mass is 299 g/mol. The van der Waals surface area contributed by atoms with Crippen LogP contribution in [0, 0.1) is 5.82 Å².